The first kappa shape index (κ1) is 23.6. The second-order valence-corrected chi connectivity index (χ2v) is 10.2. The van der Waals surface area contributed by atoms with Crippen molar-refractivity contribution in [2.24, 2.45) is 16.3 Å². The van der Waals surface area contributed by atoms with Gasteiger partial charge in [0.2, 0.25) is 0 Å². The van der Waals surface area contributed by atoms with Crippen molar-refractivity contribution in [1.29, 1.82) is 0 Å². The SMILES string of the molecule is CCOc1ccccc1[C@H]1C(C(=O)OCCSCC)=C(C)N=C2CC(C)(C)CC(=O)C21. The topological polar surface area (TPSA) is 65.0 Å². The Morgan fingerprint density at radius 3 is 2.65 bits per heavy atom. The van der Waals surface area contributed by atoms with Crippen LogP contribution in [-0.2, 0) is 14.3 Å². The van der Waals surface area contributed by atoms with Crippen LogP contribution >= 0.6 is 11.8 Å². The third-order valence-electron chi connectivity index (χ3n) is 5.80. The van der Waals surface area contributed by atoms with Crippen LogP contribution in [0.3, 0.4) is 0 Å². The van der Waals surface area contributed by atoms with Crippen LogP contribution in [0.5, 0.6) is 5.75 Å². The molecule has 5 nitrogen and oxygen atoms in total. The molecule has 1 aliphatic carbocycles. The number of esters is 1. The van der Waals surface area contributed by atoms with E-state index >= 15 is 0 Å². The van der Waals surface area contributed by atoms with Crippen LogP contribution in [0.1, 0.15) is 58.9 Å². The summed E-state index contributed by atoms with van der Waals surface area (Å²) in [5, 5.41) is 0. The molecule has 0 bridgehead atoms. The fraction of sp³-hybridized carbons (Fsp3) is 0.560. The molecule has 1 fully saturated rings. The Labute approximate surface area is 189 Å². The Balaban J connectivity index is 2.08. The predicted octanol–water partition coefficient (Wildman–Crippen LogP) is 5.20. The zero-order valence-corrected chi connectivity index (χ0v) is 20.0. The molecule has 0 aromatic heterocycles. The third-order valence-corrected chi connectivity index (χ3v) is 6.67. The number of thioether (sulfide) groups is 1. The number of hydrogen-bond donors (Lipinski definition) is 0. The highest BCUT2D eigenvalue weighted by Gasteiger charge is 2.48. The maximum Gasteiger partial charge on any atom is 0.336 e. The average Bonchev–Trinajstić information content (AvgIpc) is 2.70. The number of ether oxygens (including phenoxy) is 2. The molecule has 0 radical (unpaired) electrons. The summed E-state index contributed by atoms with van der Waals surface area (Å²) in [7, 11) is 0. The van der Waals surface area contributed by atoms with Gasteiger partial charge in [0.05, 0.1) is 18.1 Å². The molecule has 2 aliphatic rings. The molecular formula is C25H33NO4S. The van der Waals surface area contributed by atoms with Crippen molar-refractivity contribution in [1.82, 2.24) is 0 Å². The van der Waals surface area contributed by atoms with Crippen molar-refractivity contribution in [2.45, 2.75) is 53.4 Å². The van der Waals surface area contributed by atoms with E-state index in [1.807, 2.05) is 38.1 Å². The predicted molar refractivity (Wildman–Crippen MR) is 126 cm³/mol. The summed E-state index contributed by atoms with van der Waals surface area (Å²) in [5.74, 6) is 1.28. The number of benzene rings is 1. The maximum absolute atomic E-state index is 13.4. The van der Waals surface area contributed by atoms with Gasteiger partial charge in [-0.25, -0.2) is 4.79 Å². The summed E-state index contributed by atoms with van der Waals surface area (Å²) < 4.78 is 11.5. The van der Waals surface area contributed by atoms with E-state index < -0.39 is 11.8 Å². The number of para-hydroxylation sites is 1. The van der Waals surface area contributed by atoms with E-state index in [9.17, 15) is 9.59 Å². The molecule has 1 aromatic rings. The largest absolute Gasteiger partial charge is 0.494 e. The lowest BCUT2D eigenvalue weighted by Gasteiger charge is -2.41. The zero-order valence-electron chi connectivity index (χ0n) is 19.2. The number of aliphatic imine (C=N–C) groups is 1. The molecule has 1 aliphatic heterocycles. The first-order valence-corrected chi connectivity index (χ1v) is 12.2. The van der Waals surface area contributed by atoms with E-state index in [0.717, 1.165) is 29.2 Å². The second kappa shape index (κ2) is 10.0. The van der Waals surface area contributed by atoms with Gasteiger partial charge in [-0.15, -0.1) is 0 Å². The Morgan fingerprint density at radius 2 is 1.94 bits per heavy atom. The van der Waals surface area contributed by atoms with Gasteiger partial charge in [-0.3, -0.25) is 9.79 Å². The van der Waals surface area contributed by atoms with Gasteiger partial charge in [0.15, 0.2) is 0 Å². The number of hydrogen-bond acceptors (Lipinski definition) is 6. The molecule has 31 heavy (non-hydrogen) atoms. The van der Waals surface area contributed by atoms with Crippen LogP contribution in [0, 0.1) is 11.3 Å². The van der Waals surface area contributed by atoms with Gasteiger partial charge in [0.1, 0.15) is 18.1 Å². The molecule has 168 valence electrons. The van der Waals surface area contributed by atoms with Crippen LogP contribution in [0.25, 0.3) is 0 Å². The fourth-order valence-electron chi connectivity index (χ4n) is 4.63. The first-order chi connectivity index (χ1) is 14.8. The van der Waals surface area contributed by atoms with Gasteiger partial charge in [-0.2, -0.15) is 11.8 Å². The van der Waals surface area contributed by atoms with Gasteiger partial charge < -0.3 is 9.47 Å². The lowest BCUT2D eigenvalue weighted by atomic mass is 9.63. The molecule has 2 atom stereocenters. The van der Waals surface area contributed by atoms with Crippen LogP contribution in [0.4, 0.5) is 0 Å². The summed E-state index contributed by atoms with van der Waals surface area (Å²) in [6.07, 6.45) is 1.21. The smallest absolute Gasteiger partial charge is 0.336 e. The molecule has 0 saturated heterocycles. The van der Waals surface area contributed by atoms with Crippen molar-refractivity contribution >= 4 is 29.2 Å². The minimum atomic E-state index is -0.453. The van der Waals surface area contributed by atoms with Gasteiger partial charge in [0, 0.05) is 35.1 Å². The van der Waals surface area contributed by atoms with Gasteiger partial charge in [0.25, 0.3) is 0 Å². The minimum Gasteiger partial charge on any atom is -0.494 e. The zero-order chi connectivity index (χ0) is 22.6. The number of carbonyl (C=O) groups excluding carboxylic acids is 2. The molecule has 1 heterocycles. The van der Waals surface area contributed by atoms with Crippen LogP contribution in [-0.4, -0.2) is 42.2 Å². The highest BCUT2D eigenvalue weighted by atomic mass is 32.2. The number of ketones is 1. The summed E-state index contributed by atoms with van der Waals surface area (Å²) in [4.78, 5) is 31.4. The Morgan fingerprint density at radius 1 is 1.19 bits per heavy atom. The molecule has 3 rings (SSSR count). The third kappa shape index (κ3) is 5.22. The van der Waals surface area contributed by atoms with Crippen molar-refractivity contribution < 1.29 is 19.1 Å². The number of carbonyl (C=O) groups is 2. The van der Waals surface area contributed by atoms with E-state index in [4.69, 9.17) is 14.5 Å². The van der Waals surface area contributed by atoms with E-state index in [-0.39, 0.29) is 17.2 Å². The maximum atomic E-state index is 13.4. The lowest BCUT2D eigenvalue weighted by molar-refractivity contribution is -0.139. The van der Waals surface area contributed by atoms with E-state index in [2.05, 4.69) is 20.8 Å². The average molecular weight is 444 g/mol. The number of allylic oxidation sites excluding steroid dienone is 1. The number of Topliss-reactive ketones (excluding diaryl/α,β-unsaturated/α-hetero) is 1. The molecular weight excluding hydrogens is 410 g/mol. The van der Waals surface area contributed by atoms with Crippen LogP contribution in [0.2, 0.25) is 0 Å². The highest BCUT2D eigenvalue weighted by molar-refractivity contribution is 7.99. The van der Waals surface area contributed by atoms with Gasteiger partial charge in [-0.05, 0) is 37.5 Å². The summed E-state index contributed by atoms with van der Waals surface area (Å²) in [6, 6.07) is 7.70. The van der Waals surface area contributed by atoms with E-state index in [0.29, 0.717) is 36.7 Å². The Bertz CT molecular complexity index is 903. The number of nitrogens with zero attached hydrogens (tertiary/aromatic N) is 1. The standard InChI is InChI=1S/C25H33NO4S/c1-6-29-20-11-9-8-10-17(20)22-21(24(28)30-12-13-31-7-2)16(3)26-18-14-25(4,5)15-19(27)23(18)22/h8-11,22-23H,6-7,12-15H2,1-5H3/t22-,23?/m0/s1. The van der Waals surface area contributed by atoms with E-state index in [1.165, 1.54) is 0 Å². The normalized spacial score (nSPS) is 22.6. The molecule has 1 aromatic carbocycles. The molecule has 1 unspecified atom stereocenters. The van der Waals surface area contributed by atoms with Crippen molar-refractivity contribution in [3.05, 3.63) is 41.1 Å². The quantitative estimate of drug-likeness (QED) is 0.408. The Kier molecular flexibility index (Phi) is 7.63. The summed E-state index contributed by atoms with van der Waals surface area (Å²) in [5.41, 5.74) is 2.71. The summed E-state index contributed by atoms with van der Waals surface area (Å²) in [6.45, 7) is 10.9. The van der Waals surface area contributed by atoms with Crippen LogP contribution < -0.4 is 4.74 Å². The lowest BCUT2D eigenvalue weighted by Crippen LogP contribution is -2.44. The fourth-order valence-corrected chi connectivity index (χ4v) is 5.12. The molecule has 0 spiro atoms. The van der Waals surface area contributed by atoms with Gasteiger partial charge in [-0.1, -0.05) is 39.0 Å². The molecule has 0 N–H and O–H groups in total. The Hall–Kier alpha value is -2.08. The molecule has 1 saturated carbocycles. The van der Waals surface area contributed by atoms with E-state index in [1.54, 1.807) is 11.8 Å². The van der Waals surface area contributed by atoms with Crippen molar-refractivity contribution in [3.63, 3.8) is 0 Å². The number of fused-ring (bicyclic) bond motifs is 1. The highest BCUT2D eigenvalue weighted by Crippen LogP contribution is 2.48. The van der Waals surface area contributed by atoms with Crippen molar-refractivity contribution in [3.8, 4) is 5.75 Å². The second-order valence-electron chi connectivity index (χ2n) is 8.85. The minimum absolute atomic E-state index is 0.130. The molecule has 6 heteroatoms. The number of rotatable bonds is 8. The van der Waals surface area contributed by atoms with Gasteiger partial charge >= 0.3 is 5.97 Å². The summed E-state index contributed by atoms with van der Waals surface area (Å²) >= 11 is 1.73. The first-order valence-electron chi connectivity index (χ1n) is 11.1. The van der Waals surface area contributed by atoms with Crippen LogP contribution in [0.15, 0.2) is 40.5 Å². The molecule has 0 amide bonds. The van der Waals surface area contributed by atoms with Crippen molar-refractivity contribution in [2.75, 3.05) is 24.7 Å². The monoisotopic (exact) mass is 443 g/mol.